The van der Waals surface area contributed by atoms with Crippen LogP contribution in [0.25, 0.3) is 0 Å². The van der Waals surface area contributed by atoms with E-state index in [0.29, 0.717) is 56.3 Å². The Hall–Kier alpha value is -2.54. The van der Waals surface area contributed by atoms with Crippen LogP contribution in [0.3, 0.4) is 0 Å². The predicted octanol–water partition coefficient (Wildman–Crippen LogP) is 7.19. The zero-order valence-electron chi connectivity index (χ0n) is 20.6. The van der Waals surface area contributed by atoms with Gasteiger partial charge in [-0.1, -0.05) is 78.6 Å². The van der Waals surface area contributed by atoms with Crippen molar-refractivity contribution in [2.75, 3.05) is 5.32 Å². The van der Waals surface area contributed by atoms with Crippen molar-refractivity contribution >= 4 is 46.6 Å². The topological polar surface area (TPSA) is 74.8 Å². The summed E-state index contributed by atoms with van der Waals surface area (Å²) < 4.78 is 0. The molecule has 36 heavy (non-hydrogen) atoms. The van der Waals surface area contributed by atoms with Crippen LogP contribution in [0.1, 0.15) is 60.4 Å². The Balaban J connectivity index is 1.60. The number of ketones is 1. The number of carbonyl (C=O) groups excluding carboxylic acids is 1. The quantitative estimate of drug-likeness (QED) is 0.271. The minimum Gasteiger partial charge on any atom is -0.343 e. The molecular formula is C28H27Cl2N3O2S. The number of carbonyl (C=O) groups is 1. The summed E-state index contributed by atoms with van der Waals surface area (Å²) in [6, 6.07) is 11.5. The second-order valence-corrected chi connectivity index (χ2v) is 12.2. The first-order valence-corrected chi connectivity index (χ1v) is 13.6. The first-order valence-electron chi connectivity index (χ1n) is 11.8. The third-order valence-electron chi connectivity index (χ3n) is 6.84. The number of anilines is 1. The van der Waals surface area contributed by atoms with E-state index in [0.717, 1.165) is 5.70 Å². The number of nitrogens with one attached hydrogen (secondary N) is 2. The summed E-state index contributed by atoms with van der Waals surface area (Å²) >= 11 is 14.3. The summed E-state index contributed by atoms with van der Waals surface area (Å²) in [7, 11) is 0. The number of fused-ring (bicyclic) bond motifs is 1. The number of H-pyrrole nitrogens is 1. The molecule has 0 radical (unpaired) electrons. The zero-order chi connectivity index (χ0) is 25.8. The fraction of sp³-hybridized carbons (Fsp3) is 0.321. The lowest BCUT2D eigenvalue weighted by Crippen LogP contribution is -2.37. The summed E-state index contributed by atoms with van der Waals surface area (Å²) in [4.78, 5) is 34.7. The molecule has 5 nitrogen and oxygen atoms in total. The lowest BCUT2D eigenvalue weighted by Gasteiger charge is -2.38. The number of aromatic amines is 1. The minimum absolute atomic E-state index is 0.0168. The van der Waals surface area contributed by atoms with Crippen LogP contribution in [0.5, 0.6) is 0 Å². The van der Waals surface area contributed by atoms with Crippen molar-refractivity contribution in [1.29, 1.82) is 0 Å². The first kappa shape index (κ1) is 25.1. The molecule has 2 heterocycles. The maximum Gasteiger partial charge on any atom is 0.257 e. The van der Waals surface area contributed by atoms with Gasteiger partial charge < -0.3 is 10.3 Å². The lowest BCUT2D eigenvalue weighted by atomic mass is 9.69. The maximum atomic E-state index is 13.5. The molecule has 1 aliphatic carbocycles. The highest BCUT2D eigenvalue weighted by Crippen LogP contribution is 2.49. The molecule has 0 amide bonds. The average molecular weight is 541 g/mol. The van der Waals surface area contributed by atoms with Crippen molar-refractivity contribution in [3.8, 4) is 0 Å². The number of thioether (sulfide) groups is 1. The van der Waals surface area contributed by atoms with E-state index in [2.05, 4.69) is 56.2 Å². The molecule has 1 atom stereocenters. The van der Waals surface area contributed by atoms with Crippen LogP contribution in [0.15, 0.2) is 57.6 Å². The monoisotopic (exact) mass is 539 g/mol. The number of benzene rings is 2. The Morgan fingerprint density at radius 3 is 2.58 bits per heavy atom. The molecule has 2 aliphatic rings. The Morgan fingerprint density at radius 1 is 1.08 bits per heavy atom. The Kier molecular flexibility index (Phi) is 6.56. The number of rotatable bonds is 4. The smallest absolute Gasteiger partial charge is 0.257 e. The van der Waals surface area contributed by atoms with Crippen LogP contribution >= 0.6 is 35.0 Å². The van der Waals surface area contributed by atoms with Crippen LogP contribution in [0, 0.1) is 19.3 Å². The van der Waals surface area contributed by atoms with Crippen molar-refractivity contribution in [1.82, 2.24) is 9.97 Å². The highest BCUT2D eigenvalue weighted by molar-refractivity contribution is 7.98. The number of allylic oxidation sites excluding steroid dienone is 2. The van der Waals surface area contributed by atoms with Crippen molar-refractivity contribution in [3.63, 3.8) is 0 Å². The molecule has 0 fully saturated rings. The van der Waals surface area contributed by atoms with E-state index in [-0.39, 0.29) is 16.8 Å². The third kappa shape index (κ3) is 4.74. The molecule has 0 spiro atoms. The van der Waals surface area contributed by atoms with E-state index in [4.69, 9.17) is 28.2 Å². The number of halogens is 2. The van der Waals surface area contributed by atoms with Crippen molar-refractivity contribution < 1.29 is 4.79 Å². The largest absolute Gasteiger partial charge is 0.343 e. The summed E-state index contributed by atoms with van der Waals surface area (Å²) in [5.41, 5.74) is 5.61. The summed E-state index contributed by atoms with van der Waals surface area (Å²) in [5, 5.41) is 4.79. The van der Waals surface area contributed by atoms with E-state index >= 15 is 0 Å². The molecule has 5 rings (SSSR count). The Bertz CT molecular complexity index is 1490. The summed E-state index contributed by atoms with van der Waals surface area (Å²) in [6.45, 7) is 8.31. The molecule has 0 saturated heterocycles. The van der Waals surface area contributed by atoms with Gasteiger partial charge in [0.25, 0.3) is 5.56 Å². The van der Waals surface area contributed by atoms with Crippen molar-refractivity contribution in [2.24, 2.45) is 5.41 Å². The second-order valence-electron chi connectivity index (χ2n) is 10.4. The van der Waals surface area contributed by atoms with Gasteiger partial charge in [0.2, 0.25) is 0 Å². The van der Waals surface area contributed by atoms with Crippen LogP contribution in [-0.2, 0) is 10.5 Å². The number of aryl methyl sites for hydroxylation is 2. The van der Waals surface area contributed by atoms with E-state index in [1.165, 1.54) is 28.5 Å². The fourth-order valence-corrected chi connectivity index (χ4v) is 6.62. The highest BCUT2D eigenvalue weighted by Gasteiger charge is 2.43. The van der Waals surface area contributed by atoms with Crippen molar-refractivity contribution in [3.05, 3.63) is 95.9 Å². The second kappa shape index (κ2) is 9.40. The number of aromatic nitrogens is 2. The maximum absolute atomic E-state index is 13.5. The van der Waals surface area contributed by atoms with E-state index in [1.807, 2.05) is 0 Å². The van der Waals surface area contributed by atoms with E-state index in [1.54, 1.807) is 18.2 Å². The predicted molar refractivity (Wildman–Crippen MR) is 147 cm³/mol. The van der Waals surface area contributed by atoms with Crippen LogP contribution in [0.2, 0.25) is 10.0 Å². The standard InChI is InChI=1S/C28H27Cl2N3O2S/c1-14-5-6-16(15(2)9-14)13-36-27-32-25-24(26(35)33-27)22(18-8-7-17(29)10-19(18)30)23-20(31-25)11-28(3,4)12-21(23)34/h5-10,22H,11-13H2,1-4H3,(H2,31,32,33,35)/t22-/m0/s1. The molecule has 186 valence electrons. The molecular weight excluding hydrogens is 513 g/mol. The third-order valence-corrected chi connectivity index (χ3v) is 8.32. The number of hydrogen-bond acceptors (Lipinski definition) is 5. The minimum atomic E-state index is -0.612. The Labute approximate surface area is 224 Å². The summed E-state index contributed by atoms with van der Waals surface area (Å²) in [6.07, 6.45) is 1.08. The van der Waals surface area contributed by atoms with Gasteiger partial charge in [0.15, 0.2) is 10.9 Å². The van der Waals surface area contributed by atoms with Gasteiger partial charge in [0.1, 0.15) is 5.82 Å². The lowest BCUT2D eigenvalue weighted by molar-refractivity contribution is -0.118. The van der Waals surface area contributed by atoms with Gasteiger partial charge in [-0.3, -0.25) is 9.59 Å². The normalized spacial score (nSPS) is 18.5. The highest BCUT2D eigenvalue weighted by atomic mass is 35.5. The number of nitrogens with zero attached hydrogens (tertiary/aromatic N) is 1. The first-order chi connectivity index (χ1) is 17.0. The van der Waals surface area contributed by atoms with E-state index < -0.39 is 5.92 Å². The van der Waals surface area contributed by atoms with Crippen LogP contribution in [-0.4, -0.2) is 15.8 Å². The van der Waals surface area contributed by atoms with Crippen LogP contribution in [0.4, 0.5) is 5.82 Å². The van der Waals surface area contributed by atoms with E-state index in [9.17, 15) is 9.59 Å². The molecule has 1 aromatic heterocycles. The van der Waals surface area contributed by atoms with Gasteiger partial charge in [-0.25, -0.2) is 4.98 Å². The summed E-state index contributed by atoms with van der Waals surface area (Å²) in [5.74, 6) is 0.559. The van der Waals surface area contributed by atoms with Gasteiger partial charge in [-0.05, 0) is 54.5 Å². The average Bonchev–Trinajstić information content (AvgIpc) is 2.76. The molecule has 0 saturated carbocycles. The zero-order valence-corrected chi connectivity index (χ0v) is 22.9. The van der Waals surface area contributed by atoms with Crippen LogP contribution < -0.4 is 10.9 Å². The van der Waals surface area contributed by atoms with Gasteiger partial charge in [0.05, 0.1) is 5.56 Å². The van der Waals surface area contributed by atoms with Gasteiger partial charge in [-0.2, -0.15) is 0 Å². The van der Waals surface area contributed by atoms with Gasteiger partial charge in [0, 0.05) is 39.4 Å². The van der Waals surface area contributed by atoms with Gasteiger partial charge in [-0.15, -0.1) is 0 Å². The molecule has 1 aliphatic heterocycles. The molecule has 0 unspecified atom stereocenters. The SMILES string of the molecule is Cc1ccc(CSc2nc3c(c(=O)[nH]2)[C@@H](c2ccc(Cl)cc2Cl)C2=C(CC(C)(C)CC2=O)N3)c(C)c1. The number of Topliss-reactive ketones (excluding diaryl/α,β-unsaturated/α-hetero) is 1. The molecule has 3 aromatic rings. The molecule has 2 aromatic carbocycles. The van der Waals surface area contributed by atoms with Crippen molar-refractivity contribution in [2.45, 2.75) is 57.4 Å². The molecule has 8 heteroatoms. The number of hydrogen-bond donors (Lipinski definition) is 2. The van der Waals surface area contributed by atoms with Gasteiger partial charge >= 0.3 is 0 Å². The molecule has 0 bridgehead atoms. The molecule has 2 N–H and O–H groups in total. The fourth-order valence-electron chi connectivity index (χ4n) is 5.16. The Morgan fingerprint density at radius 2 is 1.86 bits per heavy atom.